The summed E-state index contributed by atoms with van der Waals surface area (Å²) in [4.78, 5) is 13.1. The zero-order chi connectivity index (χ0) is 26.6. The molecule has 0 unspecified atom stereocenters. The molecular formula is C24H43NO9S. The Morgan fingerprint density at radius 2 is 1.97 bits per heavy atom. The fourth-order valence-corrected chi connectivity index (χ4v) is 4.87. The second-order valence-electron chi connectivity index (χ2n) is 10.1. The molecule has 2 heterocycles. The lowest BCUT2D eigenvalue weighted by Crippen LogP contribution is -2.62. The number of amides is 1. The van der Waals surface area contributed by atoms with Gasteiger partial charge in [0.25, 0.3) is 5.91 Å². The quantitative estimate of drug-likeness (QED) is 0.179. The summed E-state index contributed by atoms with van der Waals surface area (Å²) in [5, 5.41) is 34.8. The fraction of sp³-hybridized carbons (Fsp3) is 0.875. The van der Waals surface area contributed by atoms with E-state index in [9.17, 15) is 20.1 Å². The number of carbonyl (C=O) groups excluding carboxylic acids is 1. The molecule has 4 N–H and O–H groups in total. The maximum absolute atomic E-state index is 13.1. The number of carbonyl (C=O) groups is 1. The second kappa shape index (κ2) is 12.7. The Bertz CT molecular complexity index is 723. The molecule has 0 saturated carbocycles. The number of aliphatic hydroxyl groups is 3. The predicted molar refractivity (Wildman–Crippen MR) is 131 cm³/mol. The molecule has 0 aromatic rings. The van der Waals surface area contributed by atoms with Crippen molar-refractivity contribution in [1.29, 1.82) is 0 Å². The standard InChI is InChI=1S/C24H43NO9S/c1-13-11-24(31-7,34-15(3)14(13)2)20(28)21(29)25-22(30-6)17-10-18(27)23(4,5)19(33-17)9-16(26)12-32-35-8/h14-20,22,26-28H,1,9-12H2,2-8H3,(H,25,29)/t14-,15-,16+,17+,18-,19-,20-,22+,24-/m1/s1. The first-order chi connectivity index (χ1) is 16.3. The molecule has 2 aliphatic heterocycles. The maximum atomic E-state index is 13.1. The molecule has 11 heteroatoms. The van der Waals surface area contributed by atoms with Gasteiger partial charge < -0.3 is 43.8 Å². The summed E-state index contributed by atoms with van der Waals surface area (Å²) in [5.41, 5.74) is 0.163. The van der Waals surface area contributed by atoms with E-state index in [-0.39, 0.29) is 37.9 Å². The number of rotatable bonds is 11. The van der Waals surface area contributed by atoms with Crippen LogP contribution in [0.4, 0.5) is 0 Å². The lowest BCUT2D eigenvalue weighted by atomic mass is 9.74. The third kappa shape index (κ3) is 6.97. The van der Waals surface area contributed by atoms with Crippen molar-refractivity contribution in [2.45, 2.75) is 95.6 Å². The Hall–Kier alpha value is -0.760. The van der Waals surface area contributed by atoms with Crippen LogP contribution >= 0.6 is 12.0 Å². The van der Waals surface area contributed by atoms with Gasteiger partial charge >= 0.3 is 0 Å². The zero-order valence-corrected chi connectivity index (χ0v) is 22.7. The van der Waals surface area contributed by atoms with Gasteiger partial charge in [0.05, 0.1) is 31.0 Å². The number of aliphatic hydroxyl groups excluding tert-OH is 3. The van der Waals surface area contributed by atoms with Gasteiger partial charge in [-0.25, -0.2) is 0 Å². The van der Waals surface area contributed by atoms with E-state index in [1.54, 1.807) is 6.26 Å². The van der Waals surface area contributed by atoms with E-state index >= 15 is 0 Å². The smallest absolute Gasteiger partial charge is 0.256 e. The van der Waals surface area contributed by atoms with Crippen LogP contribution in [0.5, 0.6) is 0 Å². The summed E-state index contributed by atoms with van der Waals surface area (Å²) in [5.74, 6) is -2.29. The number of methoxy groups -OCH3 is 2. The van der Waals surface area contributed by atoms with Crippen LogP contribution in [0, 0.1) is 11.3 Å². The van der Waals surface area contributed by atoms with Gasteiger partial charge in [0, 0.05) is 51.1 Å². The van der Waals surface area contributed by atoms with Crippen molar-refractivity contribution in [2.75, 3.05) is 27.1 Å². The van der Waals surface area contributed by atoms with Crippen molar-refractivity contribution in [3.8, 4) is 0 Å². The summed E-state index contributed by atoms with van der Waals surface area (Å²) in [6.45, 7) is 11.7. The molecule has 2 saturated heterocycles. The van der Waals surface area contributed by atoms with Crippen molar-refractivity contribution in [3.05, 3.63) is 12.2 Å². The highest BCUT2D eigenvalue weighted by Crippen LogP contribution is 2.40. The van der Waals surface area contributed by atoms with E-state index in [0.717, 1.165) is 17.6 Å². The van der Waals surface area contributed by atoms with Crippen LogP contribution in [0.15, 0.2) is 12.2 Å². The highest BCUT2D eigenvalue weighted by Gasteiger charge is 2.51. The molecule has 9 atom stereocenters. The molecule has 0 bridgehead atoms. The van der Waals surface area contributed by atoms with Crippen molar-refractivity contribution in [1.82, 2.24) is 5.32 Å². The Morgan fingerprint density at radius 1 is 1.31 bits per heavy atom. The van der Waals surface area contributed by atoms with E-state index in [2.05, 4.69) is 11.9 Å². The third-order valence-corrected chi connectivity index (χ3v) is 7.81. The van der Waals surface area contributed by atoms with Gasteiger partial charge in [0.2, 0.25) is 5.79 Å². The summed E-state index contributed by atoms with van der Waals surface area (Å²) in [6, 6.07) is 0. The largest absolute Gasteiger partial charge is 0.392 e. The van der Waals surface area contributed by atoms with Crippen LogP contribution in [0.1, 0.15) is 47.0 Å². The van der Waals surface area contributed by atoms with Crippen LogP contribution in [0.3, 0.4) is 0 Å². The average Bonchev–Trinajstić information content (AvgIpc) is 2.81. The minimum absolute atomic E-state index is 0.0503. The Labute approximate surface area is 212 Å². The number of hydrogen-bond acceptors (Lipinski definition) is 10. The van der Waals surface area contributed by atoms with Crippen LogP contribution in [0.2, 0.25) is 0 Å². The van der Waals surface area contributed by atoms with Gasteiger partial charge in [-0.3, -0.25) is 4.79 Å². The Kier molecular flexibility index (Phi) is 11.0. The van der Waals surface area contributed by atoms with Gasteiger partial charge in [0.1, 0.15) is 6.10 Å². The highest BCUT2D eigenvalue weighted by molar-refractivity contribution is 7.93. The molecule has 1 amide bonds. The van der Waals surface area contributed by atoms with Crippen LogP contribution in [-0.2, 0) is 27.9 Å². The normalized spacial score (nSPS) is 35.8. The van der Waals surface area contributed by atoms with Crippen LogP contribution < -0.4 is 5.32 Å². The SMILES string of the molecule is C=C1C[C@](OC)([C@H](O)C(=O)N[C@@H](OC)[C@@H]2C[C@@H](O)C(C)(C)[C@@H](C[C@H](O)COSC)O2)O[C@H](C)[C@@H]1C. The van der Waals surface area contributed by atoms with Crippen LogP contribution in [0.25, 0.3) is 0 Å². The van der Waals surface area contributed by atoms with Crippen molar-refractivity contribution in [3.63, 3.8) is 0 Å². The van der Waals surface area contributed by atoms with Gasteiger partial charge in [-0.1, -0.05) is 32.9 Å². The van der Waals surface area contributed by atoms with E-state index < -0.39 is 53.9 Å². The molecule has 204 valence electrons. The molecular weight excluding hydrogens is 478 g/mol. The predicted octanol–water partition coefficient (Wildman–Crippen LogP) is 1.37. The molecule has 2 fully saturated rings. The van der Waals surface area contributed by atoms with Crippen molar-refractivity contribution >= 4 is 17.9 Å². The first-order valence-electron chi connectivity index (χ1n) is 11.9. The van der Waals surface area contributed by atoms with E-state index in [1.807, 2.05) is 27.7 Å². The van der Waals surface area contributed by atoms with E-state index in [0.29, 0.717) is 0 Å². The monoisotopic (exact) mass is 521 g/mol. The maximum Gasteiger partial charge on any atom is 0.256 e. The molecule has 2 aliphatic rings. The van der Waals surface area contributed by atoms with Crippen LogP contribution in [-0.4, -0.2) is 96.9 Å². The van der Waals surface area contributed by atoms with E-state index in [4.69, 9.17) is 23.1 Å². The second-order valence-corrected chi connectivity index (χ2v) is 10.7. The van der Waals surface area contributed by atoms with Gasteiger partial charge in [0.15, 0.2) is 12.3 Å². The lowest BCUT2D eigenvalue weighted by molar-refractivity contribution is -0.298. The molecule has 0 spiro atoms. The third-order valence-electron chi connectivity index (χ3n) is 7.44. The molecule has 0 aromatic carbocycles. The average molecular weight is 522 g/mol. The number of nitrogens with one attached hydrogen (secondary N) is 1. The number of hydrogen-bond donors (Lipinski definition) is 4. The zero-order valence-electron chi connectivity index (χ0n) is 21.9. The molecule has 0 aliphatic carbocycles. The first kappa shape index (κ1) is 30.5. The minimum atomic E-state index is -1.66. The molecule has 0 aromatic heterocycles. The van der Waals surface area contributed by atoms with Gasteiger partial charge in [-0.15, -0.1) is 0 Å². The summed E-state index contributed by atoms with van der Waals surface area (Å²) < 4.78 is 28.4. The van der Waals surface area contributed by atoms with Gasteiger partial charge in [-0.05, 0) is 19.0 Å². The number of ether oxygens (including phenoxy) is 4. The molecule has 10 nitrogen and oxygen atoms in total. The van der Waals surface area contributed by atoms with Crippen molar-refractivity contribution < 1.29 is 43.2 Å². The highest BCUT2D eigenvalue weighted by atomic mass is 32.2. The fourth-order valence-electron chi connectivity index (χ4n) is 4.58. The summed E-state index contributed by atoms with van der Waals surface area (Å²) in [6.07, 6.45) is -3.44. The minimum Gasteiger partial charge on any atom is -0.392 e. The van der Waals surface area contributed by atoms with E-state index in [1.165, 1.54) is 14.2 Å². The Balaban J connectivity index is 2.13. The molecule has 2 rings (SSSR count). The summed E-state index contributed by atoms with van der Waals surface area (Å²) in [7, 11) is 2.78. The van der Waals surface area contributed by atoms with Gasteiger partial charge in [-0.2, -0.15) is 0 Å². The lowest BCUT2D eigenvalue weighted by Gasteiger charge is -2.48. The first-order valence-corrected chi connectivity index (χ1v) is 13.1. The topological polar surface area (TPSA) is 136 Å². The summed E-state index contributed by atoms with van der Waals surface area (Å²) >= 11 is 1.16. The van der Waals surface area contributed by atoms with Crippen molar-refractivity contribution in [2.24, 2.45) is 11.3 Å². The Morgan fingerprint density at radius 3 is 2.51 bits per heavy atom. The molecule has 0 radical (unpaired) electrons. The molecule has 35 heavy (non-hydrogen) atoms.